The number of aromatic nitrogens is 2. The zero-order chi connectivity index (χ0) is 40.8. The van der Waals surface area contributed by atoms with Gasteiger partial charge >= 0.3 is 6.09 Å². The second-order valence-corrected chi connectivity index (χ2v) is 18.4. The fraction of sp³-hybridized carbons (Fsp3) is 0.610. The molecule has 16 heteroatoms. The Hall–Kier alpha value is -4.21. The topological polar surface area (TPSA) is 170 Å². The van der Waals surface area contributed by atoms with Gasteiger partial charge in [0.1, 0.15) is 52.8 Å². The number of pyridine rings is 1. The number of benzene rings is 1. The van der Waals surface area contributed by atoms with Gasteiger partial charge in [-0.25, -0.2) is 14.8 Å². The maximum Gasteiger partial charge on any atom is 0.408 e. The third kappa shape index (κ3) is 8.66. The smallest absolute Gasteiger partial charge is 0.408 e. The molecule has 3 aliphatic heterocycles. The lowest BCUT2D eigenvalue weighted by molar-refractivity contribution is -0.142. The number of likely N-dealkylation sites (tertiary alicyclic amines) is 1. The van der Waals surface area contributed by atoms with Crippen LogP contribution in [0.1, 0.15) is 86.5 Å². The molecule has 308 valence electrons. The number of thiazole rings is 1. The Morgan fingerprint density at radius 1 is 1.09 bits per heavy atom. The summed E-state index contributed by atoms with van der Waals surface area (Å²) in [7, 11) is 1.53. The van der Waals surface area contributed by atoms with E-state index in [2.05, 4.69) is 16.0 Å². The van der Waals surface area contributed by atoms with Gasteiger partial charge in [0.25, 0.3) is 0 Å². The molecule has 3 amide bonds. The molecule has 3 saturated heterocycles. The molecule has 2 aromatic heterocycles. The highest BCUT2D eigenvalue weighted by atomic mass is 35.5. The van der Waals surface area contributed by atoms with Crippen molar-refractivity contribution in [2.24, 2.45) is 11.3 Å². The van der Waals surface area contributed by atoms with E-state index in [1.54, 1.807) is 12.1 Å². The Morgan fingerprint density at radius 2 is 1.82 bits per heavy atom. The molecule has 2 bridgehead atoms. The average Bonchev–Trinajstić information content (AvgIpc) is 3.45. The van der Waals surface area contributed by atoms with Crippen molar-refractivity contribution in [3.8, 4) is 22.9 Å². The molecular formula is C41H53ClN6O8S. The van der Waals surface area contributed by atoms with Crippen LogP contribution in [-0.4, -0.2) is 101 Å². The molecule has 1 saturated carbocycles. The van der Waals surface area contributed by atoms with Crippen molar-refractivity contribution >= 4 is 63.2 Å². The minimum atomic E-state index is -1.04. The number of nitrogens with zero attached hydrogens (tertiary/aromatic N) is 3. The molecule has 0 radical (unpaired) electrons. The Bertz CT molecular complexity index is 2010. The van der Waals surface area contributed by atoms with Gasteiger partial charge in [-0.3, -0.25) is 9.59 Å². The minimum Gasteiger partial charge on any atom is -0.495 e. The van der Waals surface area contributed by atoms with Crippen LogP contribution in [-0.2, 0) is 23.9 Å². The number of hydrogen-bond acceptors (Lipinski definition) is 12. The number of alkyl carbamates (subject to hydrolysis) is 1. The molecular weight excluding hydrogens is 772 g/mol. The second kappa shape index (κ2) is 16.2. The number of hydrogen-bond donors (Lipinski definition) is 3. The highest BCUT2D eigenvalue weighted by Gasteiger charge is 2.56. The first-order chi connectivity index (χ1) is 27.1. The molecule has 3 unspecified atom stereocenters. The van der Waals surface area contributed by atoms with E-state index < -0.39 is 47.0 Å². The third-order valence-corrected chi connectivity index (χ3v) is 12.6. The number of carbonyl (C=O) groups excluding carboxylic acids is 4. The van der Waals surface area contributed by atoms with Gasteiger partial charge in [-0.05, 0) is 56.6 Å². The van der Waals surface area contributed by atoms with Gasteiger partial charge in [-0.1, -0.05) is 45.7 Å². The van der Waals surface area contributed by atoms with E-state index in [1.807, 2.05) is 53.0 Å². The molecule has 4 fully saturated rings. The van der Waals surface area contributed by atoms with Crippen molar-refractivity contribution in [2.75, 3.05) is 19.0 Å². The number of ether oxygens (including phenoxy) is 4. The van der Waals surface area contributed by atoms with Gasteiger partial charge in [-0.2, -0.15) is 0 Å². The van der Waals surface area contributed by atoms with Crippen molar-refractivity contribution < 1.29 is 38.1 Å². The van der Waals surface area contributed by atoms with Crippen molar-refractivity contribution in [3.05, 3.63) is 28.6 Å². The Balaban J connectivity index is 1.18. The Morgan fingerprint density at radius 3 is 2.46 bits per heavy atom. The van der Waals surface area contributed by atoms with Gasteiger partial charge in [0.15, 0.2) is 5.13 Å². The van der Waals surface area contributed by atoms with Gasteiger partial charge in [-0.15, -0.1) is 11.3 Å². The lowest BCUT2D eigenvalue weighted by atomic mass is 9.85. The molecule has 4 aliphatic rings. The lowest BCUT2D eigenvalue weighted by Gasteiger charge is -2.36. The molecule has 1 aliphatic carbocycles. The number of halogens is 1. The Labute approximate surface area is 342 Å². The molecule has 1 aromatic carbocycles. The molecule has 14 nitrogen and oxygen atoms in total. The highest BCUT2D eigenvalue weighted by molar-refractivity contribution is 7.14. The van der Waals surface area contributed by atoms with Crippen LogP contribution in [0.5, 0.6) is 11.5 Å². The quantitative estimate of drug-likeness (QED) is 0.160. The van der Waals surface area contributed by atoms with E-state index in [0.717, 1.165) is 30.7 Å². The van der Waals surface area contributed by atoms with Gasteiger partial charge in [0, 0.05) is 42.1 Å². The summed E-state index contributed by atoms with van der Waals surface area (Å²) >= 11 is 8.29. The van der Waals surface area contributed by atoms with Crippen molar-refractivity contribution in [1.29, 1.82) is 0 Å². The zero-order valence-corrected chi connectivity index (χ0v) is 35.1. The number of anilines is 1. The van der Waals surface area contributed by atoms with E-state index in [-0.39, 0.29) is 43.2 Å². The summed E-state index contributed by atoms with van der Waals surface area (Å²) in [5, 5.41) is 12.7. The summed E-state index contributed by atoms with van der Waals surface area (Å²) in [6.07, 6.45) is 3.78. The summed E-state index contributed by atoms with van der Waals surface area (Å²) in [5.74, 6) is -0.0253. The fourth-order valence-electron chi connectivity index (χ4n) is 8.37. The zero-order valence-electron chi connectivity index (χ0n) is 33.6. The van der Waals surface area contributed by atoms with E-state index in [0.29, 0.717) is 58.1 Å². The molecule has 3 aromatic rings. The first-order valence-corrected chi connectivity index (χ1v) is 21.1. The maximum absolute atomic E-state index is 14.7. The number of amides is 3. The maximum atomic E-state index is 14.7. The van der Waals surface area contributed by atoms with Gasteiger partial charge in [0.05, 0.1) is 42.6 Å². The van der Waals surface area contributed by atoms with Crippen molar-refractivity contribution in [1.82, 2.24) is 25.5 Å². The molecule has 7 rings (SSSR count). The van der Waals surface area contributed by atoms with Crippen LogP contribution in [0.2, 0.25) is 5.02 Å². The number of fused-ring (bicyclic) bond motifs is 3. The predicted octanol–water partition coefficient (Wildman–Crippen LogP) is 6.52. The van der Waals surface area contributed by atoms with Crippen LogP contribution in [0.4, 0.5) is 9.93 Å². The first-order valence-electron chi connectivity index (χ1n) is 19.9. The van der Waals surface area contributed by atoms with E-state index >= 15 is 0 Å². The summed E-state index contributed by atoms with van der Waals surface area (Å²) in [6.45, 7) is 11.6. The predicted molar refractivity (Wildman–Crippen MR) is 217 cm³/mol. The fourth-order valence-corrected chi connectivity index (χ4v) is 9.51. The van der Waals surface area contributed by atoms with Crippen LogP contribution in [0.25, 0.3) is 22.3 Å². The van der Waals surface area contributed by atoms with Crippen LogP contribution >= 0.6 is 22.9 Å². The van der Waals surface area contributed by atoms with Crippen LogP contribution in [0.15, 0.2) is 23.6 Å². The van der Waals surface area contributed by atoms with Crippen LogP contribution in [0, 0.1) is 11.3 Å². The number of methoxy groups -OCH3 is 1. The normalized spacial score (nSPS) is 27.2. The molecule has 0 spiro atoms. The average molecular weight is 825 g/mol. The monoisotopic (exact) mass is 824 g/mol. The summed E-state index contributed by atoms with van der Waals surface area (Å²) in [4.78, 5) is 65.7. The summed E-state index contributed by atoms with van der Waals surface area (Å²) in [6, 6.07) is 3.47. The van der Waals surface area contributed by atoms with Gasteiger partial charge in [0.2, 0.25) is 11.8 Å². The molecule has 57 heavy (non-hydrogen) atoms. The van der Waals surface area contributed by atoms with Crippen molar-refractivity contribution in [3.63, 3.8) is 0 Å². The van der Waals surface area contributed by atoms with E-state index in [4.69, 9.17) is 40.5 Å². The second-order valence-electron chi connectivity index (χ2n) is 17.2. The summed E-state index contributed by atoms with van der Waals surface area (Å²) in [5.41, 5.74) is -0.169. The number of rotatable bonds is 13. The third-order valence-electron chi connectivity index (χ3n) is 11.5. The number of aldehydes is 1. The van der Waals surface area contributed by atoms with Gasteiger partial charge < -0.3 is 44.6 Å². The SMILES string of the molecule is CCC1CC1(C=O)NC(=O)[C@@H]1C[C@@H](Oc2cc(-c3csc(NC(C)C)n3)nc3c(Cl)c(OC)ccc23)CN1C(=O)C(NC(=O)O[C@H]1C[C@H]2CC[C@@H](C1)O2)C(C)(C)C. The summed E-state index contributed by atoms with van der Waals surface area (Å²) < 4.78 is 24.0. The lowest BCUT2D eigenvalue weighted by Crippen LogP contribution is -2.59. The number of carbonyl (C=O) groups is 4. The molecule has 3 N–H and O–H groups in total. The molecule has 8 atom stereocenters. The largest absolute Gasteiger partial charge is 0.495 e. The van der Waals surface area contributed by atoms with Crippen LogP contribution in [0.3, 0.4) is 0 Å². The highest BCUT2D eigenvalue weighted by Crippen LogP contribution is 2.45. The molecule has 5 heterocycles. The standard InChI is InChI=1S/C41H53ClN6O8S/c1-8-22-17-41(22,20-49)47-36(50)30-15-26(18-48(30)37(51)35(40(4,5)6)46-39(52)56-25-13-23-9-10-24(14-25)54-23)55-32-16-28(29-19-57-38(45-29)43-21(2)3)44-34-27(32)11-12-31(53-7)33(34)42/h11-12,16,19-26,30,35H,8-10,13-15,17-18H2,1-7H3,(H,43,45)(H,46,52)(H,47,50)/t22?,23-,24+,25+,26-,30+,35?,41?/m1/s1. The number of nitrogens with one attached hydrogen (secondary N) is 3. The van der Waals surface area contributed by atoms with E-state index in [9.17, 15) is 19.2 Å². The van der Waals surface area contributed by atoms with Crippen molar-refractivity contribution in [2.45, 2.75) is 135 Å². The first kappa shape index (κ1) is 41.0. The minimum absolute atomic E-state index is 0.0149. The van der Waals surface area contributed by atoms with E-state index in [1.165, 1.54) is 23.3 Å². The Kier molecular flexibility index (Phi) is 11.6. The van der Waals surface area contributed by atoms with Crippen LogP contribution < -0.4 is 25.4 Å².